The van der Waals surface area contributed by atoms with Crippen molar-refractivity contribution in [2.45, 2.75) is 94.4 Å². The Hall–Kier alpha value is -5.57. The number of alkyl carbamates (subject to hydrolysis) is 1. The van der Waals surface area contributed by atoms with Crippen molar-refractivity contribution in [1.29, 1.82) is 0 Å². The second-order valence-corrected chi connectivity index (χ2v) is 25.1. The summed E-state index contributed by atoms with van der Waals surface area (Å²) in [5, 5.41) is 7.22. The van der Waals surface area contributed by atoms with E-state index in [1.165, 1.54) is 0 Å². The summed E-state index contributed by atoms with van der Waals surface area (Å²) in [5.41, 5.74) is 1.58. The monoisotopic (exact) mass is 1030 g/mol. The first-order valence-electron chi connectivity index (χ1n) is 23.7. The molecular weight excluding hydrogens is 972 g/mol. The van der Waals surface area contributed by atoms with Crippen molar-refractivity contribution in [3.05, 3.63) is 203 Å². The third-order valence-corrected chi connectivity index (χ3v) is 18.6. The van der Waals surface area contributed by atoms with E-state index in [4.69, 9.17) is 13.9 Å². The molecule has 0 unspecified atom stereocenters. The molecule has 1 fully saturated rings. The van der Waals surface area contributed by atoms with E-state index in [0.717, 1.165) is 37.1 Å². The number of likely N-dealkylation sites (tertiary alicyclic amines) is 1. The van der Waals surface area contributed by atoms with Crippen LogP contribution >= 0.6 is 15.9 Å². The zero-order valence-electron chi connectivity index (χ0n) is 40.6. The van der Waals surface area contributed by atoms with Crippen LogP contribution < -0.4 is 21.0 Å². The fourth-order valence-corrected chi connectivity index (χ4v) is 14.8. The summed E-state index contributed by atoms with van der Waals surface area (Å²) in [6.45, 7) is 12.1. The van der Waals surface area contributed by atoms with Crippen LogP contribution in [0.2, 0.25) is 5.04 Å². The minimum Gasteiger partial charge on any atom is -0.444 e. The largest absolute Gasteiger partial charge is 0.471 e. The van der Waals surface area contributed by atoms with Gasteiger partial charge in [0.05, 0.1) is 6.61 Å². The molecule has 0 saturated carbocycles. The highest BCUT2D eigenvalue weighted by atomic mass is 79.9. The highest BCUT2D eigenvalue weighted by Crippen LogP contribution is 2.46. The summed E-state index contributed by atoms with van der Waals surface area (Å²) < 4.78 is 63.3. The Morgan fingerprint density at radius 3 is 1.54 bits per heavy atom. The van der Waals surface area contributed by atoms with Crippen molar-refractivity contribution in [2.24, 2.45) is 0 Å². The molecular formula is C57H63BrF3N3O5Si. The lowest BCUT2D eigenvalue weighted by Gasteiger charge is -2.57. The first-order chi connectivity index (χ1) is 33.3. The van der Waals surface area contributed by atoms with Gasteiger partial charge in [-0.05, 0) is 77.0 Å². The van der Waals surface area contributed by atoms with Gasteiger partial charge in [0.1, 0.15) is 11.2 Å². The van der Waals surface area contributed by atoms with Crippen LogP contribution in [0.4, 0.5) is 18.0 Å². The summed E-state index contributed by atoms with van der Waals surface area (Å²) in [6, 6.07) is 56.4. The van der Waals surface area contributed by atoms with Crippen LogP contribution in [0.5, 0.6) is 0 Å². The van der Waals surface area contributed by atoms with Gasteiger partial charge in [-0.25, -0.2) is 4.79 Å². The Kier molecular flexibility index (Phi) is 16.6. The number of nitrogens with zero attached hydrogens (tertiary/aromatic N) is 1. The molecule has 8 nitrogen and oxygen atoms in total. The van der Waals surface area contributed by atoms with Gasteiger partial charge in [-0.1, -0.05) is 200 Å². The molecule has 0 aliphatic carbocycles. The molecule has 6 aromatic carbocycles. The number of hydrogen-bond donors (Lipinski definition) is 2. The number of nitrogens with one attached hydrogen (secondary N) is 2. The molecule has 7 rings (SSSR count). The van der Waals surface area contributed by atoms with Gasteiger partial charge < -0.3 is 24.5 Å². The normalized spacial score (nSPS) is 17.3. The summed E-state index contributed by atoms with van der Waals surface area (Å²) in [7, 11) is -3.02. The SMILES string of the molecule is CC(C)(C)OC(=O)N[C@H](CCO[Si](c1ccccc1)(c1ccccc1)C(C)(C)C)CN1[C@H](COC(c2ccccc2)(c2ccccc2)c2ccccc2)[C@H](c2ccc(Br)cc2)[C@@H]1CNC(=O)C(F)(F)F. The molecule has 6 aromatic rings. The Balaban J connectivity index is 1.31. The van der Waals surface area contributed by atoms with Crippen molar-refractivity contribution in [3.8, 4) is 0 Å². The van der Waals surface area contributed by atoms with Gasteiger partial charge in [0, 0.05) is 48.2 Å². The van der Waals surface area contributed by atoms with Crippen LogP contribution in [0.3, 0.4) is 0 Å². The molecule has 1 aliphatic rings. The average Bonchev–Trinajstić information content (AvgIpc) is 3.33. The third-order valence-electron chi connectivity index (χ3n) is 13.0. The first-order valence-corrected chi connectivity index (χ1v) is 26.4. The van der Waals surface area contributed by atoms with Crippen molar-refractivity contribution in [2.75, 3.05) is 26.3 Å². The van der Waals surface area contributed by atoms with E-state index in [1.807, 2.05) is 152 Å². The second kappa shape index (κ2) is 22.2. The molecule has 13 heteroatoms. The van der Waals surface area contributed by atoms with Crippen molar-refractivity contribution in [1.82, 2.24) is 15.5 Å². The van der Waals surface area contributed by atoms with Gasteiger partial charge >= 0.3 is 18.2 Å². The van der Waals surface area contributed by atoms with Gasteiger partial charge in [0.2, 0.25) is 0 Å². The highest BCUT2D eigenvalue weighted by Gasteiger charge is 2.53. The zero-order chi connectivity index (χ0) is 50.2. The maximum Gasteiger partial charge on any atom is 0.471 e. The van der Waals surface area contributed by atoms with Crippen LogP contribution in [0, 0.1) is 0 Å². The number of benzene rings is 6. The topological polar surface area (TPSA) is 89.1 Å². The molecule has 368 valence electrons. The van der Waals surface area contributed by atoms with Crippen molar-refractivity contribution in [3.63, 3.8) is 0 Å². The van der Waals surface area contributed by atoms with Crippen LogP contribution in [0.25, 0.3) is 0 Å². The number of rotatable bonds is 18. The maximum atomic E-state index is 13.9. The molecule has 0 spiro atoms. The van der Waals surface area contributed by atoms with Crippen LogP contribution in [0.15, 0.2) is 180 Å². The van der Waals surface area contributed by atoms with Gasteiger partial charge in [-0.2, -0.15) is 13.2 Å². The van der Waals surface area contributed by atoms with E-state index in [0.29, 0.717) is 6.42 Å². The fourth-order valence-electron chi connectivity index (χ4n) is 9.99. The first kappa shape index (κ1) is 52.3. The fraction of sp³-hybridized carbons (Fsp3) is 0.333. The molecule has 1 saturated heterocycles. The van der Waals surface area contributed by atoms with E-state index in [2.05, 4.69) is 76.5 Å². The third kappa shape index (κ3) is 11.9. The predicted octanol–water partition coefficient (Wildman–Crippen LogP) is 11.1. The van der Waals surface area contributed by atoms with E-state index < -0.39 is 61.7 Å². The smallest absolute Gasteiger partial charge is 0.444 e. The average molecular weight is 1040 g/mol. The lowest BCUT2D eigenvalue weighted by Crippen LogP contribution is -2.70. The predicted molar refractivity (Wildman–Crippen MR) is 277 cm³/mol. The Labute approximate surface area is 420 Å². The molecule has 0 radical (unpaired) electrons. The maximum absolute atomic E-state index is 13.9. The Morgan fingerprint density at radius 2 is 1.11 bits per heavy atom. The minimum atomic E-state index is -5.09. The van der Waals surface area contributed by atoms with Crippen LogP contribution in [-0.2, 0) is 24.3 Å². The van der Waals surface area contributed by atoms with Crippen molar-refractivity contribution < 1.29 is 36.7 Å². The molecule has 0 aromatic heterocycles. The number of hydrogen-bond acceptors (Lipinski definition) is 6. The van der Waals surface area contributed by atoms with E-state index in [1.54, 1.807) is 20.8 Å². The van der Waals surface area contributed by atoms with Crippen LogP contribution in [-0.4, -0.2) is 81.4 Å². The van der Waals surface area contributed by atoms with Gasteiger partial charge in [0.25, 0.3) is 8.32 Å². The lowest BCUT2D eigenvalue weighted by atomic mass is 9.74. The van der Waals surface area contributed by atoms with Gasteiger partial charge in [-0.3, -0.25) is 9.69 Å². The summed E-state index contributed by atoms with van der Waals surface area (Å²) in [4.78, 5) is 28.5. The Morgan fingerprint density at radius 1 is 0.657 bits per heavy atom. The Bertz CT molecular complexity index is 2460. The second-order valence-electron chi connectivity index (χ2n) is 19.9. The molecule has 4 atom stereocenters. The van der Waals surface area contributed by atoms with E-state index in [9.17, 15) is 22.8 Å². The van der Waals surface area contributed by atoms with E-state index >= 15 is 0 Å². The van der Waals surface area contributed by atoms with Crippen LogP contribution in [0.1, 0.15) is 76.1 Å². The molecule has 2 N–H and O–H groups in total. The summed E-state index contributed by atoms with van der Waals surface area (Å²) in [5.74, 6) is -2.45. The van der Waals surface area contributed by atoms with E-state index in [-0.39, 0.29) is 31.3 Å². The number of carbonyl (C=O) groups excluding carboxylic acids is 2. The summed E-state index contributed by atoms with van der Waals surface area (Å²) in [6.07, 6.45) is -5.41. The zero-order valence-corrected chi connectivity index (χ0v) is 43.2. The molecule has 1 aliphatic heterocycles. The molecule has 0 bridgehead atoms. The van der Waals surface area contributed by atoms with Gasteiger partial charge in [0.15, 0.2) is 0 Å². The number of halogens is 4. The molecule has 2 amide bonds. The van der Waals surface area contributed by atoms with Gasteiger partial charge in [-0.15, -0.1) is 0 Å². The number of ether oxygens (including phenoxy) is 2. The standard InChI is InChI=1S/C57H63BrF3N3O5Si/c1-54(2,3)69-53(66)63-46(36-37-68-70(55(4,5)6,47-28-18-10-19-29-47)48-30-20-11-21-31-48)39-64-49(38-62-52(65)57(59,60)61)51(41-32-34-45(58)35-33-41)50(64)40-67-56(42-22-12-7-13-23-42,43-24-14-8-15-25-43)44-26-16-9-17-27-44/h7-35,46,49-51H,36-40H2,1-6H3,(H,62,65)(H,63,66)/t46-,49+,50-,51-/m1/s1. The van der Waals surface area contributed by atoms with Crippen molar-refractivity contribution >= 4 is 46.6 Å². The highest BCUT2D eigenvalue weighted by molar-refractivity contribution is 9.10. The minimum absolute atomic E-state index is 0.0981. The number of amides is 2. The quantitative estimate of drug-likeness (QED) is 0.0659. The summed E-state index contributed by atoms with van der Waals surface area (Å²) >= 11 is 3.56. The number of carbonyl (C=O) groups is 2. The molecule has 1 heterocycles. The molecule has 70 heavy (non-hydrogen) atoms. The number of alkyl halides is 3. The lowest BCUT2D eigenvalue weighted by molar-refractivity contribution is -0.174.